The van der Waals surface area contributed by atoms with Crippen molar-refractivity contribution >= 4 is 11.9 Å². The maximum atomic E-state index is 13.0. The number of carbonyl (C=O) groups excluding carboxylic acids is 1. The van der Waals surface area contributed by atoms with Gasteiger partial charge in [0.25, 0.3) is 0 Å². The van der Waals surface area contributed by atoms with Crippen LogP contribution in [0.25, 0.3) is 0 Å². The number of aliphatic imine (C=N–C) groups is 1. The predicted octanol–water partition coefficient (Wildman–Crippen LogP) is 2.46. The Hall–Kier alpha value is -3.21. The highest BCUT2D eigenvalue weighted by molar-refractivity contribution is 6.02. The molecule has 0 aliphatic carbocycles. The van der Waals surface area contributed by atoms with Gasteiger partial charge in [-0.3, -0.25) is 19.9 Å². The Bertz CT molecular complexity index is 1050. The van der Waals surface area contributed by atoms with E-state index in [2.05, 4.69) is 74.6 Å². The highest BCUT2D eigenvalue weighted by atomic mass is 16.2. The molecule has 1 atom stereocenters. The third-order valence-corrected chi connectivity index (χ3v) is 7.38. The maximum Gasteiger partial charge on any atom is 0.246 e. The van der Waals surface area contributed by atoms with Crippen molar-refractivity contribution in [2.45, 2.75) is 31.5 Å². The van der Waals surface area contributed by atoms with Crippen molar-refractivity contribution in [2.75, 3.05) is 39.3 Å². The minimum Gasteiger partial charge on any atom is -0.340 e. The molecule has 2 aromatic rings. The predicted molar refractivity (Wildman–Crippen MR) is 132 cm³/mol. The van der Waals surface area contributed by atoms with Crippen LogP contribution in [0, 0.1) is 17.2 Å². The Balaban J connectivity index is 1.24. The maximum absolute atomic E-state index is 13.0. The number of carbonyl (C=O) groups is 1. The van der Waals surface area contributed by atoms with Gasteiger partial charge in [-0.25, -0.2) is 4.99 Å². The fourth-order valence-corrected chi connectivity index (χ4v) is 5.36. The Morgan fingerprint density at radius 2 is 1.38 bits per heavy atom. The summed E-state index contributed by atoms with van der Waals surface area (Å²) in [6.45, 7) is 6.97. The molecule has 34 heavy (non-hydrogen) atoms. The lowest BCUT2D eigenvalue weighted by atomic mass is 9.76. The molecule has 0 radical (unpaired) electrons. The van der Waals surface area contributed by atoms with Gasteiger partial charge in [0.2, 0.25) is 11.9 Å². The highest BCUT2D eigenvalue weighted by Gasteiger charge is 2.49. The molecule has 2 aromatic carbocycles. The van der Waals surface area contributed by atoms with Crippen molar-refractivity contribution < 1.29 is 4.79 Å². The molecule has 0 saturated carbocycles. The molecule has 7 nitrogen and oxygen atoms in total. The molecule has 3 aliphatic rings. The summed E-state index contributed by atoms with van der Waals surface area (Å²) in [7, 11) is 0. The smallest absolute Gasteiger partial charge is 0.246 e. The number of likely N-dealkylation sites (tertiary alicyclic amines) is 1. The van der Waals surface area contributed by atoms with E-state index in [0.717, 1.165) is 65.2 Å². The summed E-state index contributed by atoms with van der Waals surface area (Å²) in [5.41, 5.74) is 1.98. The lowest BCUT2D eigenvalue weighted by molar-refractivity contribution is -0.125. The molecule has 0 bridgehead atoms. The topological polar surface area (TPSA) is 75.0 Å². The zero-order valence-electron chi connectivity index (χ0n) is 19.6. The first kappa shape index (κ1) is 22.6. The van der Waals surface area contributed by atoms with Crippen molar-refractivity contribution in [3.8, 4) is 6.07 Å². The van der Waals surface area contributed by atoms with E-state index < -0.39 is 11.5 Å². The SMILES string of the molecule is N#CC1C(=O)NC(N2CCN(Cc3ccccc3)CC2)=NC12CCN(Cc1ccccc1)CC2. The van der Waals surface area contributed by atoms with Gasteiger partial charge in [0.05, 0.1) is 11.6 Å². The second-order valence-electron chi connectivity index (χ2n) is 9.60. The standard InChI is InChI=1S/C27H32N6O/c28-19-24-25(34)29-26(33-17-15-32(16-18-33)21-23-9-5-2-6-10-23)30-27(24)11-13-31(14-12-27)20-22-7-3-1-4-8-22/h1-10,24H,11-18,20-21H2,(H,29,30,34). The average molecular weight is 457 g/mol. The van der Waals surface area contributed by atoms with E-state index in [4.69, 9.17) is 4.99 Å². The van der Waals surface area contributed by atoms with Crippen LogP contribution in [0.4, 0.5) is 0 Å². The first-order chi connectivity index (χ1) is 16.6. The van der Waals surface area contributed by atoms with Crippen LogP contribution in [-0.2, 0) is 17.9 Å². The first-order valence-electron chi connectivity index (χ1n) is 12.2. The van der Waals surface area contributed by atoms with Gasteiger partial charge in [0.1, 0.15) is 0 Å². The summed E-state index contributed by atoms with van der Waals surface area (Å²) in [5, 5.41) is 12.8. The molecule has 5 rings (SSSR count). The molecular weight excluding hydrogens is 424 g/mol. The van der Waals surface area contributed by atoms with Crippen LogP contribution in [0.5, 0.6) is 0 Å². The number of guanidine groups is 1. The fourth-order valence-electron chi connectivity index (χ4n) is 5.36. The Labute approximate surface area is 201 Å². The van der Waals surface area contributed by atoms with Gasteiger partial charge in [-0.15, -0.1) is 0 Å². The van der Waals surface area contributed by atoms with Crippen molar-refractivity contribution in [3.63, 3.8) is 0 Å². The monoisotopic (exact) mass is 456 g/mol. The molecule has 3 aliphatic heterocycles. The van der Waals surface area contributed by atoms with Gasteiger partial charge in [0.15, 0.2) is 5.92 Å². The molecular formula is C27H32N6O. The number of piperidine rings is 1. The van der Waals surface area contributed by atoms with E-state index in [-0.39, 0.29) is 5.91 Å². The number of rotatable bonds is 4. The van der Waals surface area contributed by atoms with Gasteiger partial charge in [-0.2, -0.15) is 5.26 Å². The van der Waals surface area contributed by atoms with Crippen LogP contribution in [-0.4, -0.2) is 71.4 Å². The molecule has 2 fully saturated rings. The Kier molecular flexibility index (Phi) is 6.61. The third-order valence-electron chi connectivity index (χ3n) is 7.38. The van der Waals surface area contributed by atoms with E-state index in [0.29, 0.717) is 5.96 Å². The van der Waals surface area contributed by atoms with Gasteiger partial charge >= 0.3 is 0 Å². The molecule has 7 heteroatoms. The van der Waals surface area contributed by atoms with E-state index in [1.807, 2.05) is 12.1 Å². The lowest BCUT2D eigenvalue weighted by Gasteiger charge is -2.45. The van der Waals surface area contributed by atoms with Crippen LogP contribution in [0.15, 0.2) is 65.7 Å². The number of hydrogen-bond donors (Lipinski definition) is 1. The summed E-state index contributed by atoms with van der Waals surface area (Å²) in [6, 6.07) is 23.2. The number of benzene rings is 2. The van der Waals surface area contributed by atoms with Crippen LogP contribution < -0.4 is 5.32 Å². The second-order valence-corrected chi connectivity index (χ2v) is 9.60. The largest absolute Gasteiger partial charge is 0.340 e. The fraction of sp³-hybridized carbons (Fsp3) is 0.444. The minimum absolute atomic E-state index is 0.198. The third kappa shape index (κ3) is 4.84. The summed E-state index contributed by atoms with van der Waals surface area (Å²) < 4.78 is 0. The quantitative estimate of drug-likeness (QED) is 0.765. The molecule has 1 unspecified atom stereocenters. The lowest BCUT2D eigenvalue weighted by Crippen LogP contribution is -2.62. The molecule has 3 heterocycles. The summed E-state index contributed by atoms with van der Waals surface area (Å²) in [5.74, 6) is -0.266. The molecule has 2 saturated heterocycles. The molecule has 1 spiro atoms. The minimum atomic E-state index is -0.727. The van der Waals surface area contributed by atoms with Crippen LogP contribution in [0.1, 0.15) is 24.0 Å². The molecule has 0 aromatic heterocycles. The van der Waals surface area contributed by atoms with E-state index >= 15 is 0 Å². The summed E-state index contributed by atoms with van der Waals surface area (Å²) >= 11 is 0. The van der Waals surface area contributed by atoms with Gasteiger partial charge in [-0.1, -0.05) is 60.7 Å². The number of nitrogens with zero attached hydrogens (tertiary/aromatic N) is 5. The number of nitrogens with one attached hydrogen (secondary N) is 1. The van der Waals surface area contributed by atoms with Crippen LogP contribution >= 0.6 is 0 Å². The van der Waals surface area contributed by atoms with E-state index in [1.54, 1.807) is 0 Å². The van der Waals surface area contributed by atoms with Gasteiger partial charge < -0.3 is 4.90 Å². The van der Waals surface area contributed by atoms with Gasteiger partial charge in [0, 0.05) is 52.4 Å². The van der Waals surface area contributed by atoms with Gasteiger partial charge in [-0.05, 0) is 24.0 Å². The first-order valence-corrected chi connectivity index (χ1v) is 12.2. The van der Waals surface area contributed by atoms with Crippen LogP contribution in [0.3, 0.4) is 0 Å². The second kappa shape index (κ2) is 9.96. The number of amides is 1. The normalized spacial score (nSPS) is 23.3. The summed E-state index contributed by atoms with van der Waals surface area (Å²) in [6.07, 6.45) is 1.45. The molecule has 176 valence electrons. The number of nitriles is 1. The Morgan fingerprint density at radius 3 is 1.91 bits per heavy atom. The molecule has 1 amide bonds. The Morgan fingerprint density at radius 1 is 0.853 bits per heavy atom. The molecule has 1 N–H and O–H groups in total. The van der Waals surface area contributed by atoms with E-state index in [1.165, 1.54) is 11.1 Å². The van der Waals surface area contributed by atoms with Crippen molar-refractivity contribution in [3.05, 3.63) is 71.8 Å². The number of piperazine rings is 1. The van der Waals surface area contributed by atoms with Crippen molar-refractivity contribution in [1.29, 1.82) is 5.26 Å². The zero-order chi connectivity index (χ0) is 23.4. The average Bonchev–Trinajstić information content (AvgIpc) is 2.87. The summed E-state index contributed by atoms with van der Waals surface area (Å²) in [4.78, 5) is 25.1. The van der Waals surface area contributed by atoms with Crippen molar-refractivity contribution in [2.24, 2.45) is 10.9 Å². The number of hydrogen-bond acceptors (Lipinski definition) is 6. The van der Waals surface area contributed by atoms with E-state index in [9.17, 15) is 10.1 Å². The highest BCUT2D eigenvalue weighted by Crippen LogP contribution is 2.37. The van der Waals surface area contributed by atoms with Crippen LogP contribution in [0.2, 0.25) is 0 Å². The van der Waals surface area contributed by atoms with Crippen molar-refractivity contribution in [1.82, 2.24) is 20.0 Å². The zero-order valence-corrected chi connectivity index (χ0v) is 19.6.